The second-order valence-corrected chi connectivity index (χ2v) is 4.29. The Kier molecular flexibility index (Phi) is 2.84. The van der Waals surface area contributed by atoms with Crippen LogP contribution in [0.3, 0.4) is 0 Å². The van der Waals surface area contributed by atoms with Crippen LogP contribution in [0.5, 0.6) is 0 Å². The average Bonchev–Trinajstić information content (AvgIpc) is 1.65. The van der Waals surface area contributed by atoms with Crippen LogP contribution < -0.4 is 0 Å². The summed E-state index contributed by atoms with van der Waals surface area (Å²) in [5.41, 5.74) is 0. The fourth-order valence-electron chi connectivity index (χ4n) is 0.229. The van der Waals surface area contributed by atoms with Gasteiger partial charge in [0.15, 0.2) is 9.84 Å². The Bertz CT molecular complexity index is 191. The van der Waals surface area contributed by atoms with Crippen LogP contribution in [0.1, 0.15) is 13.8 Å². The van der Waals surface area contributed by atoms with E-state index < -0.39 is 15.1 Å². The van der Waals surface area contributed by atoms with Gasteiger partial charge in [0, 0.05) is 0 Å². The first-order valence-electron chi connectivity index (χ1n) is 2.51. The number of hydrogen-bond donors (Lipinski definition) is 0. The summed E-state index contributed by atoms with van der Waals surface area (Å²) in [7, 11) is -3.30. The maximum absolute atomic E-state index is 11.3. The van der Waals surface area contributed by atoms with Gasteiger partial charge < -0.3 is 0 Å². The fourth-order valence-corrected chi connectivity index (χ4v) is 0.686. The first-order chi connectivity index (χ1) is 4.00. The normalized spacial score (nSPS) is 13.3. The molecule has 0 atom stereocenters. The Hall–Kier alpha value is -0.380. The lowest BCUT2D eigenvalue weighted by atomic mass is 10.6. The van der Waals surface area contributed by atoms with Crippen LogP contribution in [0.15, 0.2) is 11.7 Å². The van der Waals surface area contributed by atoms with Gasteiger partial charge in [-0.1, -0.05) is 0 Å². The zero-order chi connectivity index (χ0) is 7.49. The Labute approximate surface area is 54.3 Å². The van der Waals surface area contributed by atoms with Crippen molar-refractivity contribution in [1.82, 2.24) is 0 Å². The van der Waals surface area contributed by atoms with Gasteiger partial charge in [-0.25, -0.2) is 12.8 Å². The van der Waals surface area contributed by atoms with Gasteiger partial charge in [-0.3, -0.25) is 0 Å². The molecule has 0 radical (unpaired) electrons. The predicted molar refractivity (Wildman–Crippen MR) is 34.3 cm³/mol. The zero-order valence-corrected chi connectivity index (χ0v) is 6.15. The minimum absolute atomic E-state index is 0.0370. The van der Waals surface area contributed by atoms with Gasteiger partial charge in [0.05, 0.1) is 17.0 Å². The standard InChI is InChI=1S/C5H9FO2S/c1-5(2)9(7,8)4-3-6/h3-5H,1-2H3/b4-3+. The first-order valence-corrected chi connectivity index (χ1v) is 4.12. The van der Waals surface area contributed by atoms with E-state index in [1.165, 1.54) is 13.8 Å². The lowest BCUT2D eigenvalue weighted by Crippen LogP contribution is -2.09. The van der Waals surface area contributed by atoms with Crippen molar-refractivity contribution in [2.45, 2.75) is 19.1 Å². The molecule has 0 rings (SSSR count). The third-order valence-electron chi connectivity index (χ3n) is 0.898. The molecule has 0 aliphatic carbocycles. The largest absolute Gasteiger partial charge is 0.224 e. The Morgan fingerprint density at radius 2 is 1.89 bits per heavy atom. The highest BCUT2D eigenvalue weighted by molar-refractivity contribution is 7.94. The van der Waals surface area contributed by atoms with Crippen molar-refractivity contribution in [3.63, 3.8) is 0 Å². The summed E-state index contributed by atoms with van der Waals surface area (Å²) >= 11 is 0. The Morgan fingerprint density at radius 3 is 2.00 bits per heavy atom. The molecule has 0 aromatic rings. The molecule has 0 aromatic carbocycles. The van der Waals surface area contributed by atoms with Crippen LogP contribution in [0.4, 0.5) is 4.39 Å². The third-order valence-corrected chi connectivity index (χ3v) is 2.69. The molecule has 0 saturated heterocycles. The zero-order valence-electron chi connectivity index (χ0n) is 5.33. The van der Waals surface area contributed by atoms with Crippen LogP contribution in [0.25, 0.3) is 0 Å². The fraction of sp³-hybridized carbons (Fsp3) is 0.600. The molecule has 9 heavy (non-hydrogen) atoms. The van der Waals surface area contributed by atoms with Gasteiger partial charge in [-0.2, -0.15) is 0 Å². The molecule has 0 fully saturated rings. The second kappa shape index (κ2) is 2.96. The molecule has 0 bridgehead atoms. The smallest absolute Gasteiger partial charge is 0.176 e. The molecule has 0 amide bonds. The number of halogens is 1. The number of sulfone groups is 1. The second-order valence-electron chi connectivity index (χ2n) is 1.90. The van der Waals surface area contributed by atoms with Crippen molar-refractivity contribution >= 4 is 9.84 Å². The van der Waals surface area contributed by atoms with E-state index in [-0.39, 0.29) is 6.33 Å². The van der Waals surface area contributed by atoms with Gasteiger partial charge in [0.25, 0.3) is 0 Å². The van der Waals surface area contributed by atoms with Crippen LogP contribution >= 0.6 is 0 Å². The van der Waals surface area contributed by atoms with E-state index in [1.54, 1.807) is 0 Å². The van der Waals surface area contributed by atoms with Crippen molar-refractivity contribution < 1.29 is 12.8 Å². The van der Waals surface area contributed by atoms with E-state index in [9.17, 15) is 12.8 Å². The molecule has 0 unspecified atom stereocenters. The van der Waals surface area contributed by atoms with Gasteiger partial charge in [-0.05, 0) is 13.8 Å². The highest BCUT2D eigenvalue weighted by Gasteiger charge is 2.10. The van der Waals surface area contributed by atoms with Crippen molar-refractivity contribution in [3.8, 4) is 0 Å². The number of rotatable bonds is 2. The van der Waals surface area contributed by atoms with Crippen molar-refractivity contribution in [2.75, 3.05) is 0 Å². The van der Waals surface area contributed by atoms with Crippen LogP contribution in [-0.2, 0) is 9.84 Å². The molecule has 54 valence electrons. The van der Waals surface area contributed by atoms with Crippen LogP contribution in [-0.4, -0.2) is 13.7 Å². The van der Waals surface area contributed by atoms with E-state index in [0.717, 1.165) is 0 Å². The maximum atomic E-state index is 11.3. The molecule has 0 saturated carbocycles. The summed E-state index contributed by atoms with van der Waals surface area (Å²) in [5.74, 6) is 0. The topological polar surface area (TPSA) is 34.1 Å². The first kappa shape index (κ1) is 8.62. The van der Waals surface area contributed by atoms with E-state index in [2.05, 4.69) is 0 Å². The molecule has 0 N–H and O–H groups in total. The summed E-state index contributed by atoms with van der Waals surface area (Å²) in [5, 5.41) is 0.0296. The summed E-state index contributed by atoms with van der Waals surface area (Å²) in [6.07, 6.45) is 0.0370. The molecule has 0 aliphatic heterocycles. The van der Waals surface area contributed by atoms with Gasteiger partial charge in [0.2, 0.25) is 0 Å². The summed E-state index contributed by atoms with van der Waals surface area (Å²) in [4.78, 5) is 0. The third kappa shape index (κ3) is 2.60. The summed E-state index contributed by atoms with van der Waals surface area (Å²) in [6, 6.07) is 0. The summed E-state index contributed by atoms with van der Waals surface area (Å²) in [6.45, 7) is 2.99. The van der Waals surface area contributed by atoms with Crippen molar-refractivity contribution in [1.29, 1.82) is 0 Å². The molecule has 0 spiro atoms. The monoisotopic (exact) mass is 152 g/mol. The number of hydrogen-bond acceptors (Lipinski definition) is 2. The van der Waals surface area contributed by atoms with Gasteiger partial charge >= 0.3 is 0 Å². The molecule has 4 heteroatoms. The SMILES string of the molecule is CC(C)S(=O)(=O)/C=C/F. The minimum atomic E-state index is -3.30. The minimum Gasteiger partial charge on any atom is -0.224 e. The lowest BCUT2D eigenvalue weighted by Gasteiger charge is -1.98. The van der Waals surface area contributed by atoms with E-state index in [1.807, 2.05) is 0 Å². The molecular weight excluding hydrogens is 143 g/mol. The molecule has 0 heterocycles. The molecule has 0 aliphatic rings. The summed E-state index contributed by atoms with van der Waals surface area (Å²) < 4.78 is 32.5. The average molecular weight is 152 g/mol. The maximum Gasteiger partial charge on any atom is 0.176 e. The Morgan fingerprint density at radius 1 is 1.44 bits per heavy atom. The van der Waals surface area contributed by atoms with Crippen molar-refractivity contribution in [2.24, 2.45) is 0 Å². The molecular formula is C5H9FO2S. The highest BCUT2D eigenvalue weighted by Crippen LogP contribution is 2.01. The predicted octanol–water partition coefficient (Wildman–Crippen LogP) is 1.25. The van der Waals surface area contributed by atoms with Crippen LogP contribution in [0.2, 0.25) is 0 Å². The lowest BCUT2D eigenvalue weighted by molar-refractivity contribution is 0.595. The highest BCUT2D eigenvalue weighted by atomic mass is 32.2. The van der Waals surface area contributed by atoms with Gasteiger partial charge in [0.1, 0.15) is 0 Å². The van der Waals surface area contributed by atoms with E-state index in [4.69, 9.17) is 0 Å². The van der Waals surface area contributed by atoms with Crippen LogP contribution in [0, 0.1) is 0 Å². The molecule has 0 aromatic heterocycles. The van der Waals surface area contributed by atoms with Crippen molar-refractivity contribution in [3.05, 3.63) is 11.7 Å². The Balaban J connectivity index is 4.42. The molecule has 2 nitrogen and oxygen atoms in total. The van der Waals surface area contributed by atoms with E-state index in [0.29, 0.717) is 5.41 Å². The van der Waals surface area contributed by atoms with Gasteiger partial charge in [-0.15, -0.1) is 0 Å². The quantitative estimate of drug-likeness (QED) is 0.596. The van der Waals surface area contributed by atoms with E-state index >= 15 is 0 Å².